The zero-order valence-corrected chi connectivity index (χ0v) is 14.6. The number of benzene rings is 1. The highest BCUT2D eigenvalue weighted by atomic mass is 32.2. The Bertz CT molecular complexity index is 703. The molecule has 0 fully saturated rings. The maximum atomic E-state index is 12.9. The summed E-state index contributed by atoms with van der Waals surface area (Å²) in [6.45, 7) is 4.43. The van der Waals surface area contributed by atoms with Gasteiger partial charge in [-0.05, 0) is 37.3 Å². The zero-order valence-electron chi connectivity index (χ0n) is 13.0. The lowest BCUT2D eigenvalue weighted by molar-refractivity contribution is -0.114. The van der Waals surface area contributed by atoms with E-state index in [0.717, 1.165) is 11.8 Å². The normalized spacial score (nSPS) is 12.1. The number of alkyl halides is 3. The second kappa shape index (κ2) is 7.00. The second-order valence-corrected chi connectivity index (χ2v) is 7.54. The Morgan fingerprint density at radius 2 is 1.83 bits per heavy atom. The van der Waals surface area contributed by atoms with Crippen molar-refractivity contribution in [2.24, 2.45) is 0 Å². The second-order valence-electron chi connectivity index (χ2n) is 4.85. The van der Waals surface area contributed by atoms with Gasteiger partial charge in [-0.2, -0.15) is 21.6 Å². The number of carbonyl (C=O) groups is 1. The number of sulfonamides is 1. The van der Waals surface area contributed by atoms with Crippen molar-refractivity contribution in [1.29, 1.82) is 0 Å². The summed E-state index contributed by atoms with van der Waals surface area (Å²) in [5, 5.41) is 2.48. The molecule has 1 rings (SSSR count). The minimum atomic E-state index is -5.53. The lowest BCUT2D eigenvalue weighted by atomic mass is 10.1. The van der Waals surface area contributed by atoms with Gasteiger partial charge in [0.05, 0.1) is 11.6 Å². The van der Waals surface area contributed by atoms with Crippen molar-refractivity contribution in [2.45, 2.75) is 26.3 Å². The Morgan fingerprint density at radius 3 is 2.26 bits per heavy atom. The molecule has 0 aromatic heterocycles. The minimum absolute atomic E-state index is 0.119. The van der Waals surface area contributed by atoms with Gasteiger partial charge in [0.15, 0.2) is 0 Å². The topological polar surface area (TPSA) is 66.5 Å². The predicted octanol–water partition coefficient (Wildman–Crippen LogP) is 3.24. The SMILES string of the molecule is CSCN(c1cc(NC(C)=O)c(C)cc1C)S(=O)(=O)C(F)(F)F. The number of anilines is 2. The van der Waals surface area contributed by atoms with Crippen LogP contribution >= 0.6 is 11.8 Å². The summed E-state index contributed by atoms with van der Waals surface area (Å²) in [5.74, 6) is -0.802. The molecule has 0 unspecified atom stereocenters. The molecule has 0 heterocycles. The van der Waals surface area contributed by atoms with E-state index in [1.807, 2.05) is 0 Å². The van der Waals surface area contributed by atoms with Crippen LogP contribution in [0.3, 0.4) is 0 Å². The number of thioether (sulfide) groups is 1. The highest BCUT2D eigenvalue weighted by Gasteiger charge is 2.50. The molecule has 10 heteroatoms. The number of nitrogens with one attached hydrogen (secondary N) is 1. The first kappa shape index (κ1) is 19.6. The van der Waals surface area contributed by atoms with Crippen LogP contribution in [0.5, 0.6) is 0 Å². The van der Waals surface area contributed by atoms with Crippen LogP contribution < -0.4 is 9.62 Å². The highest BCUT2D eigenvalue weighted by molar-refractivity contribution is 8.00. The van der Waals surface area contributed by atoms with Crippen LogP contribution in [-0.2, 0) is 14.8 Å². The van der Waals surface area contributed by atoms with Crippen molar-refractivity contribution >= 4 is 39.1 Å². The van der Waals surface area contributed by atoms with E-state index in [0.29, 0.717) is 15.4 Å². The van der Waals surface area contributed by atoms with Crippen molar-refractivity contribution in [2.75, 3.05) is 21.8 Å². The molecule has 0 aliphatic rings. The molecule has 0 bridgehead atoms. The van der Waals surface area contributed by atoms with E-state index in [-0.39, 0.29) is 11.4 Å². The van der Waals surface area contributed by atoms with E-state index in [1.54, 1.807) is 6.92 Å². The number of amides is 1. The van der Waals surface area contributed by atoms with Gasteiger partial charge in [0.2, 0.25) is 5.91 Å². The predicted molar refractivity (Wildman–Crippen MR) is 86.1 cm³/mol. The van der Waals surface area contributed by atoms with Crippen LogP contribution in [-0.4, -0.2) is 32.0 Å². The quantitative estimate of drug-likeness (QED) is 0.808. The lowest BCUT2D eigenvalue weighted by Crippen LogP contribution is -2.41. The Balaban J connectivity index is 3.52. The third-order valence-electron chi connectivity index (χ3n) is 2.95. The molecule has 1 aromatic rings. The number of hydrogen-bond acceptors (Lipinski definition) is 4. The third-order valence-corrected chi connectivity index (χ3v) is 5.12. The van der Waals surface area contributed by atoms with Crippen molar-refractivity contribution in [3.63, 3.8) is 0 Å². The van der Waals surface area contributed by atoms with Crippen LogP contribution in [0, 0.1) is 13.8 Å². The Labute approximate surface area is 137 Å². The summed E-state index contributed by atoms with van der Waals surface area (Å²) in [6, 6.07) is 2.77. The van der Waals surface area contributed by atoms with Crippen molar-refractivity contribution in [1.82, 2.24) is 0 Å². The molecule has 0 radical (unpaired) electrons. The third kappa shape index (κ3) is 4.31. The first-order valence-electron chi connectivity index (χ1n) is 6.38. The van der Waals surface area contributed by atoms with Gasteiger partial charge in [0.25, 0.3) is 0 Å². The van der Waals surface area contributed by atoms with Gasteiger partial charge < -0.3 is 5.32 Å². The largest absolute Gasteiger partial charge is 0.516 e. The maximum Gasteiger partial charge on any atom is 0.516 e. The lowest BCUT2D eigenvalue weighted by Gasteiger charge is -2.27. The molecule has 5 nitrogen and oxygen atoms in total. The summed E-state index contributed by atoms with van der Waals surface area (Å²) in [4.78, 5) is 11.2. The van der Waals surface area contributed by atoms with Crippen LogP contribution in [0.25, 0.3) is 0 Å². The monoisotopic (exact) mass is 370 g/mol. The molecule has 1 aromatic carbocycles. The van der Waals surface area contributed by atoms with Gasteiger partial charge in [-0.25, -0.2) is 0 Å². The van der Waals surface area contributed by atoms with E-state index in [2.05, 4.69) is 5.32 Å². The molecule has 0 atom stereocenters. The molecule has 130 valence electrons. The molecule has 0 aliphatic carbocycles. The minimum Gasteiger partial charge on any atom is -0.326 e. The molecule has 23 heavy (non-hydrogen) atoms. The van der Waals surface area contributed by atoms with E-state index >= 15 is 0 Å². The highest BCUT2D eigenvalue weighted by Crippen LogP contribution is 2.35. The molecule has 1 amide bonds. The smallest absolute Gasteiger partial charge is 0.326 e. The van der Waals surface area contributed by atoms with Crippen molar-refractivity contribution in [3.05, 3.63) is 23.3 Å². The average molecular weight is 370 g/mol. The van der Waals surface area contributed by atoms with E-state index in [4.69, 9.17) is 0 Å². The molecule has 0 aliphatic heterocycles. The zero-order chi connectivity index (χ0) is 18.0. The number of rotatable bonds is 5. The molecular weight excluding hydrogens is 353 g/mol. The molecule has 0 saturated heterocycles. The summed E-state index contributed by atoms with van der Waals surface area (Å²) >= 11 is 0.940. The van der Waals surface area contributed by atoms with Gasteiger partial charge in [-0.15, -0.1) is 11.8 Å². The van der Waals surface area contributed by atoms with Crippen LogP contribution in [0.1, 0.15) is 18.1 Å². The summed E-state index contributed by atoms with van der Waals surface area (Å²) in [7, 11) is -5.53. The summed E-state index contributed by atoms with van der Waals surface area (Å²) in [6.07, 6.45) is 1.50. The molecule has 0 spiro atoms. The van der Waals surface area contributed by atoms with Crippen LogP contribution in [0.2, 0.25) is 0 Å². The van der Waals surface area contributed by atoms with Crippen LogP contribution in [0.15, 0.2) is 12.1 Å². The van der Waals surface area contributed by atoms with E-state index < -0.39 is 27.3 Å². The van der Waals surface area contributed by atoms with Gasteiger partial charge >= 0.3 is 15.5 Å². The molecular formula is C13H17F3N2O3S2. The van der Waals surface area contributed by atoms with Gasteiger partial charge in [-0.3, -0.25) is 9.10 Å². The van der Waals surface area contributed by atoms with Crippen molar-refractivity contribution < 1.29 is 26.4 Å². The standard InChI is InChI=1S/C13H17F3N2O3S2/c1-8-5-9(2)12(6-11(8)17-10(3)19)18(7-22-4)23(20,21)13(14,15)16/h5-6H,7H2,1-4H3,(H,17,19). The molecule has 1 N–H and O–H groups in total. The Kier molecular flexibility index (Phi) is 5.97. The Hall–Kier alpha value is -1.42. The van der Waals surface area contributed by atoms with Gasteiger partial charge in [0, 0.05) is 12.6 Å². The summed E-state index contributed by atoms with van der Waals surface area (Å²) in [5.41, 5.74) is -4.28. The maximum absolute atomic E-state index is 12.9. The summed E-state index contributed by atoms with van der Waals surface area (Å²) < 4.78 is 62.6. The first-order valence-corrected chi connectivity index (χ1v) is 9.22. The fraction of sp³-hybridized carbons (Fsp3) is 0.462. The number of aryl methyl sites for hydroxylation is 2. The molecule has 0 saturated carbocycles. The average Bonchev–Trinajstić information content (AvgIpc) is 2.37. The number of carbonyl (C=O) groups excluding carboxylic acids is 1. The van der Waals surface area contributed by atoms with Crippen LogP contribution in [0.4, 0.5) is 24.5 Å². The first-order chi connectivity index (χ1) is 10.4. The van der Waals surface area contributed by atoms with Gasteiger partial charge in [0.1, 0.15) is 0 Å². The number of nitrogens with zero attached hydrogens (tertiary/aromatic N) is 1. The fourth-order valence-electron chi connectivity index (χ4n) is 1.94. The van der Waals surface area contributed by atoms with E-state index in [1.165, 1.54) is 32.2 Å². The van der Waals surface area contributed by atoms with E-state index in [9.17, 15) is 26.4 Å². The van der Waals surface area contributed by atoms with Gasteiger partial charge in [-0.1, -0.05) is 6.07 Å². The van der Waals surface area contributed by atoms with Crippen molar-refractivity contribution in [3.8, 4) is 0 Å². The number of hydrogen-bond donors (Lipinski definition) is 1. The Morgan fingerprint density at radius 1 is 1.26 bits per heavy atom. The fourth-order valence-corrected chi connectivity index (χ4v) is 3.89. The number of halogens is 3.